The summed E-state index contributed by atoms with van der Waals surface area (Å²) in [5.74, 6) is -0.719. The van der Waals surface area contributed by atoms with Gasteiger partial charge >= 0.3 is 5.97 Å². The van der Waals surface area contributed by atoms with E-state index in [4.69, 9.17) is 21.1 Å². The number of para-hydroxylation sites is 2. The van der Waals surface area contributed by atoms with E-state index >= 15 is 0 Å². The van der Waals surface area contributed by atoms with Crippen LogP contribution in [0.1, 0.15) is 30.1 Å². The van der Waals surface area contributed by atoms with E-state index in [0.717, 1.165) is 6.42 Å². The van der Waals surface area contributed by atoms with Crippen molar-refractivity contribution in [3.8, 4) is 5.75 Å². The molecule has 2 aromatic rings. The molecule has 1 N–H and O–H groups in total. The summed E-state index contributed by atoms with van der Waals surface area (Å²) in [6.07, 6.45) is 0.148. The molecule has 3 rings (SSSR count). The Kier molecular flexibility index (Phi) is 6.39. The Morgan fingerprint density at radius 1 is 1.21 bits per heavy atom. The molecule has 1 heterocycles. The number of benzene rings is 2. The van der Waals surface area contributed by atoms with Gasteiger partial charge in [-0.2, -0.15) is 0 Å². The number of esters is 1. The minimum Gasteiger partial charge on any atom is -0.495 e. The molecule has 0 radical (unpaired) electrons. The number of amides is 2. The molecule has 1 aliphatic rings. The fraction of sp³-hybridized carbons (Fsp3) is 0.286. The average Bonchev–Trinajstić information content (AvgIpc) is 3.14. The van der Waals surface area contributed by atoms with Crippen molar-refractivity contribution in [2.75, 3.05) is 23.9 Å². The van der Waals surface area contributed by atoms with E-state index in [1.54, 1.807) is 35.2 Å². The molecule has 7 nitrogen and oxygen atoms in total. The second-order valence-corrected chi connectivity index (χ2v) is 6.96. The molecule has 1 fully saturated rings. The zero-order chi connectivity index (χ0) is 21.0. The number of nitrogens with zero attached hydrogens (tertiary/aromatic N) is 1. The molecule has 1 aliphatic heterocycles. The lowest BCUT2D eigenvalue weighted by molar-refractivity contribution is -0.123. The van der Waals surface area contributed by atoms with E-state index in [2.05, 4.69) is 5.32 Å². The van der Waals surface area contributed by atoms with E-state index in [0.29, 0.717) is 35.1 Å². The number of nitrogens with one attached hydrogen (secondary N) is 1. The Hall–Kier alpha value is -3.06. The number of carbonyl (C=O) groups is 3. The van der Waals surface area contributed by atoms with Crippen LogP contribution in [-0.4, -0.2) is 37.5 Å². The molecule has 2 amide bonds. The van der Waals surface area contributed by atoms with Crippen molar-refractivity contribution < 1.29 is 23.9 Å². The Labute approximate surface area is 173 Å². The van der Waals surface area contributed by atoms with Gasteiger partial charge in [-0.3, -0.25) is 9.59 Å². The first-order valence-electron chi connectivity index (χ1n) is 9.15. The van der Waals surface area contributed by atoms with Crippen molar-refractivity contribution in [3.05, 3.63) is 53.1 Å². The van der Waals surface area contributed by atoms with E-state index < -0.39 is 18.0 Å². The van der Waals surface area contributed by atoms with Crippen molar-refractivity contribution in [1.82, 2.24) is 0 Å². The molecule has 0 aromatic heterocycles. The van der Waals surface area contributed by atoms with Gasteiger partial charge in [-0.05, 0) is 43.7 Å². The highest BCUT2D eigenvalue weighted by Crippen LogP contribution is 2.31. The van der Waals surface area contributed by atoms with Gasteiger partial charge in [0.15, 0.2) is 6.10 Å². The van der Waals surface area contributed by atoms with Gasteiger partial charge in [0, 0.05) is 13.0 Å². The topological polar surface area (TPSA) is 84.9 Å². The number of hydrogen-bond acceptors (Lipinski definition) is 5. The highest BCUT2D eigenvalue weighted by atomic mass is 35.5. The molecule has 152 valence electrons. The van der Waals surface area contributed by atoms with E-state index in [-0.39, 0.29) is 11.5 Å². The summed E-state index contributed by atoms with van der Waals surface area (Å²) in [6.45, 7) is 2.03. The first-order valence-corrected chi connectivity index (χ1v) is 9.53. The average molecular weight is 417 g/mol. The Morgan fingerprint density at radius 2 is 1.97 bits per heavy atom. The van der Waals surface area contributed by atoms with Crippen molar-refractivity contribution in [2.45, 2.75) is 25.9 Å². The summed E-state index contributed by atoms with van der Waals surface area (Å²) in [7, 11) is 1.50. The fourth-order valence-corrected chi connectivity index (χ4v) is 3.23. The molecule has 2 aromatic carbocycles. The Morgan fingerprint density at radius 3 is 2.66 bits per heavy atom. The predicted molar refractivity (Wildman–Crippen MR) is 110 cm³/mol. The van der Waals surface area contributed by atoms with Crippen LogP contribution < -0.4 is 15.0 Å². The lowest BCUT2D eigenvalue weighted by atomic mass is 10.2. The summed E-state index contributed by atoms with van der Waals surface area (Å²) in [6, 6.07) is 11.5. The van der Waals surface area contributed by atoms with Crippen LogP contribution in [0.3, 0.4) is 0 Å². The molecule has 0 aliphatic carbocycles. The molecule has 0 unspecified atom stereocenters. The van der Waals surface area contributed by atoms with Crippen molar-refractivity contribution in [2.24, 2.45) is 0 Å². The van der Waals surface area contributed by atoms with Gasteiger partial charge in [0.25, 0.3) is 5.91 Å². The summed E-state index contributed by atoms with van der Waals surface area (Å²) in [5, 5.41) is 3.05. The largest absolute Gasteiger partial charge is 0.495 e. The third-order valence-corrected chi connectivity index (χ3v) is 4.88. The fourth-order valence-electron chi connectivity index (χ4n) is 3.01. The van der Waals surface area contributed by atoms with Crippen molar-refractivity contribution >= 4 is 40.8 Å². The highest BCUT2D eigenvalue weighted by molar-refractivity contribution is 6.34. The van der Waals surface area contributed by atoms with Crippen LogP contribution in [0.2, 0.25) is 5.02 Å². The summed E-state index contributed by atoms with van der Waals surface area (Å²) in [4.78, 5) is 38.5. The number of rotatable bonds is 6. The minimum atomic E-state index is -1.04. The zero-order valence-corrected chi connectivity index (χ0v) is 16.9. The first-order chi connectivity index (χ1) is 13.9. The molecule has 8 heteroatoms. The van der Waals surface area contributed by atoms with Crippen LogP contribution in [0.25, 0.3) is 0 Å². The maximum absolute atomic E-state index is 12.5. The number of hydrogen-bond donors (Lipinski definition) is 1. The molecular weight excluding hydrogens is 396 g/mol. The SMILES string of the molecule is COc1ccccc1NC(=O)[C@@H](C)OC(=O)c1ccc(Cl)c(N2CCCC2=O)c1. The quantitative estimate of drug-likeness (QED) is 0.726. The predicted octanol–water partition coefficient (Wildman–Crippen LogP) is 3.66. The van der Waals surface area contributed by atoms with Crippen LogP contribution in [-0.2, 0) is 14.3 Å². The zero-order valence-electron chi connectivity index (χ0n) is 16.1. The maximum Gasteiger partial charge on any atom is 0.338 e. The van der Waals surface area contributed by atoms with Gasteiger partial charge < -0.3 is 19.7 Å². The van der Waals surface area contributed by atoms with E-state index in [1.807, 2.05) is 0 Å². The van der Waals surface area contributed by atoms with Crippen LogP contribution in [0, 0.1) is 0 Å². The van der Waals surface area contributed by atoms with Crippen LogP contribution in [0.15, 0.2) is 42.5 Å². The second-order valence-electron chi connectivity index (χ2n) is 6.55. The minimum absolute atomic E-state index is 0.0398. The van der Waals surface area contributed by atoms with Crippen molar-refractivity contribution in [3.63, 3.8) is 0 Å². The van der Waals surface area contributed by atoms with Gasteiger partial charge in [0.2, 0.25) is 5.91 Å². The third kappa shape index (κ3) is 4.68. The lowest BCUT2D eigenvalue weighted by Gasteiger charge is -2.19. The van der Waals surface area contributed by atoms with E-state index in [1.165, 1.54) is 26.2 Å². The van der Waals surface area contributed by atoms with Crippen LogP contribution in [0.4, 0.5) is 11.4 Å². The standard InChI is InChI=1S/C21H21ClN2O5/c1-13(20(26)23-16-6-3-4-7-18(16)28-2)29-21(27)14-9-10-15(22)17(12-14)24-11-5-8-19(24)25/h3-4,6-7,9-10,12-13H,5,8,11H2,1-2H3,(H,23,26)/t13-/m1/s1. The van der Waals surface area contributed by atoms with Crippen LogP contribution >= 0.6 is 11.6 Å². The maximum atomic E-state index is 12.5. The molecular formula is C21H21ClN2O5. The number of halogens is 1. The summed E-state index contributed by atoms with van der Waals surface area (Å²) in [5.41, 5.74) is 1.15. The molecule has 1 saturated heterocycles. The molecule has 29 heavy (non-hydrogen) atoms. The van der Waals surface area contributed by atoms with Crippen LogP contribution in [0.5, 0.6) is 5.75 Å². The van der Waals surface area contributed by atoms with Gasteiger partial charge in [-0.25, -0.2) is 4.79 Å². The van der Waals surface area contributed by atoms with Gasteiger partial charge in [-0.1, -0.05) is 23.7 Å². The third-order valence-electron chi connectivity index (χ3n) is 4.56. The normalized spacial score (nSPS) is 14.4. The Bertz CT molecular complexity index is 946. The summed E-state index contributed by atoms with van der Waals surface area (Å²) < 4.78 is 10.5. The highest BCUT2D eigenvalue weighted by Gasteiger charge is 2.26. The number of anilines is 2. The van der Waals surface area contributed by atoms with Crippen molar-refractivity contribution in [1.29, 1.82) is 0 Å². The second kappa shape index (κ2) is 8.96. The molecule has 0 saturated carbocycles. The molecule has 1 atom stereocenters. The van der Waals surface area contributed by atoms with E-state index in [9.17, 15) is 14.4 Å². The molecule has 0 bridgehead atoms. The number of ether oxygens (including phenoxy) is 2. The smallest absolute Gasteiger partial charge is 0.338 e. The summed E-state index contributed by atoms with van der Waals surface area (Å²) >= 11 is 6.20. The van der Waals surface area contributed by atoms with Gasteiger partial charge in [0.1, 0.15) is 5.75 Å². The number of carbonyl (C=O) groups excluding carboxylic acids is 3. The van der Waals surface area contributed by atoms with Gasteiger partial charge in [0.05, 0.1) is 29.1 Å². The van der Waals surface area contributed by atoms with Gasteiger partial charge in [-0.15, -0.1) is 0 Å². The first kappa shape index (κ1) is 20.7. The number of methoxy groups -OCH3 is 1. The monoisotopic (exact) mass is 416 g/mol. The lowest BCUT2D eigenvalue weighted by Crippen LogP contribution is -2.30. The Balaban J connectivity index is 1.69. The molecule has 0 spiro atoms.